The number of amides is 1. The first-order chi connectivity index (χ1) is 9.06. The van der Waals surface area contributed by atoms with Gasteiger partial charge in [-0.15, -0.1) is 0 Å². The van der Waals surface area contributed by atoms with Gasteiger partial charge in [0.25, 0.3) is 0 Å². The SMILES string of the molecule is O=C1Nc2ccc(F)cc2C1C(=O)c1coc(Br)c1. The van der Waals surface area contributed by atoms with E-state index in [1.54, 1.807) is 0 Å². The summed E-state index contributed by atoms with van der Waals surface area (Å²) in [7, 11) is 0. The van der Waals surface area contributed by atoms with Crippen molar-refractivity contribution in [3.8, 4) is 0 Å². The van der Waals surface area contributed by atoms with Crippen LogP contribution in [0.4, 0.5) is 10.1 Å². The number of fused-ring (bicyclic) bond motifs is 1. The molecule has 3 rings (SSSR count). The normalized spacial score (nSPS) is 17.2. The van der Waals surface area contributed by atoms with Gasteiger partial charge in [-0.3, -0.25) is 9.59 Å². The quantitative estimate of drug-likeness (QED) is 0.682. The van der Waals surface area contributed by atoms with E-state index in [0.29, 0.717) is 15.9 Å². The van der Waals surface area contributed by atoms with Crippen LogP contribution in [0.5, 0.6) is 0 Å². The number of carbonyl (C=O) groups excluding carboxylic acids is 2. The Labute approximate surface area is 115 Å². The number of Topliss-reactive ketones (excluding diaryl/α,β-unsaturated/α-hetero) is 1. The van der Waals surface area contributed by atoms with Gasteiger partial charge in [0.15, 0.2) is 10.5 Å². The van der Waals surface area contributed by atoms with Crippen LogP contribution in [0.1, 0.15) is 21.8 Å². The molecular formula is C13H7BrFNO3. The van der Waals surface area contributed by atoms with Crippen LogP contribution in [0.15, 0.2) is 39.6 Å². The van der Waals surface area contributed by atoms with Gasteiger partial charge in [0.1, 0.15) is 18.0 Å². The van der Waals surface area contributed by atoms with Gasteiger partial charge in [0, 0.05) is 11.8 Å². The monoisotopic (exact) mass is 323 g/mol. The maximum absolute atomic E-state index is 13.3. The van der Waals surface area contributed by atoms with E-state index in [4.69, 9.17) is 4.42 Å². The number of rotatable bonds is 2. The highest BCUT2D eigenvalue weighted by Crippen LogP contribution is 2.35. The van der Waals surface area contributed by atoms with Crippen molar-refractivity contribution in [2.45, 2.75) is 5.92 Å². The second-order valence-electron chi connectivity index (χ2n) is 4.16. The van der Waals surface area contributed by atoms with E-state index in [9.17, 15) is 14.0 Å². The molecule has 1 unspecified atom stereocenters. The molecule has 0 saturated heterocycles. The summed E-state index contributed by atoms with van der Waals surface area (Å²) in [6, 6.07) is 5.36. The van der Waals surface area contributed by atoms with E-state index in [1.165, 1.54) is 30.5 Å². The smallest absolute Gasteiger partial charge is 0.239 e. The maximum Gasteiger partial charge on any atom is 0.239 e. The third kappa shape index (κ3) is 1.98. The first-order valence-corrected chi connectivity index (χ1v) is 6.24. The maximum atomic E-state index is 13.3. The van der Waals surface area contributed by atoms with Crippen LogP contribution in [0.25, 0.3) is 0 Å². The topological polar surface area (TPSA) is 59.3 Å². The third-order valence-electron chi connectivity index (χ3n) is 2.96. The molecule has 1 aromatic carbocycles. The average molecular weight is 324 g/mol. The molecule has 96 valence electrons. The zero-order valence-electron chi connectivity index (χ0n) is 9.44. The van der Waals surface area contributed by atoms with Crippen molar-refractivity contribution >= 4 is 33.3 Å². The highest BCUT2D eigenvalue weighted by molar-refractivity contribution is 9.10. The Morgan fingerprint density at radius 1 is 1.37 bits per heavy atom. The Hall–Kier alpha value is -1.95. The summed E-state index contributed by atoms with van der Waals surface area (Å²) < 4.78 is 18.6. The first-order valence-electron chi connectivity index (χ1n) is 5.45. The van der Waals surface area contributed by atoms with E-state index in [-0.39, 0.29) is 5.56 Å². The zero-order chi connectivity index (χ0) is 13.6. The van der Waals surface area contributed by atoms with E-state index < -0.39 is 23.4 Å². The highest BCUT2D eigenvalue weighted by Gasteiger charge is 2.37. The molecule has 0 aliphatic carbocycles. The number of benzene rings is 1. The molecular weight excluding hydrogens is 317 g/mol. The molecule has 0 saturated carbocycles. The van der Waals surface area contributed by atoms with Gasteiger partial charge in [-0.2, -0.15) is 0 Å². The van der Waals surface area contributed by atoms with Crippen LogP contribution in [0, 0.1) is 5.82 Å². The van der Waals surface area contributed by atoms with E-state index in [0.717, 1.165) is 0 Å². The number of anilines is 1. The number of ketones is 1. The molecule has 19 heavy (non-hydrogen) atoms. The van der Waals surface area contributed by atoms with Gasteiger partial charge in [0.05, 0.1) is 5.56 Å². The van der Waals surface area contributed by atoms with E-state index >= 15 is 0 Å². The Morgan fingerprint density at radius 2 is 2.16 bits per heavy atom. The molecule has 2 aromatic rings. The van der Waals surface area contributed by atoms with Gasteiger partial charge in [-0.25, -0.2) is 4.39 Å². The fraction of sp³-hybridized carbons (Fsp3) is 0.0769. The minimum atomic E-state index is -1.03. The second-order valence-corrected chi connectivity index (χ2v) is 4.94. The highest BCUT2D eigenvalue weighted by atomic mass is 79.9. The van der Waals surface area contributed by atoms with Crippen molar-refractivity contribution in [3.63, 3.8) is 0 Å². The molecule has 0 radical (unpaired) electrons. The lowest BCUT2D eigenvalue weighted by molar-refractivity contribution is -0.116. The van der Waals surface area contributed by atoms with Crippen LogP contribution in [0.3, 0.4) is 0 Å². The molecule has 0 bridgehead atoms. The van der Waals surface area contributed by atoms with Crippen molar-refractivity contribution in [1.82, 2.24) is 0 Å². The predicted molar refractivity (Wildman–Crippen MR) is 68.5 cm³/mol. The summed E-state index contributed by atoms with van der Waals surface area (Å²) >= 11 is 3.09. The van der Waals surface area contributed by atoms with Gasteiger partial charge in [-0.1, -0.05) is 0 Å². The Balaban J connectivity index is 2.04. The summed E-state index contributed by atoms with van der Waals surface area (Å²) in [4.78, 5) is 24.1. The molecule has 4 nitrogen and oxygen atoms in total. The average Bonchev–Trinajstić information content (AvgIpc) is 2.91. The van der Waals surface area contributed by atoms with E-state index in [2.05, 4.69) is 21.2 Å². The van der Waals surface area contributed by atoms with Gasteiger partial charge in [-0.05, 0) is 39.7 Å². The largest absolute Gasteiger partial charge is 0.457 e. The summed E-state index contributed by atoms with van der Waals surface area (Å²) in [5, 5.41) is 2.56. The number of hydrogen-bond donors (Lipinski definition) is 1. The molecule has 1 aliphatic rings. The molecule has 0 fully saturated rings. The molecule has 6 heteroatoms. The number of carbonyl (C=O) groups is 2. The van der Waals surface area contributed by atoms with Crippen LogP contribution < -0.4 is 5.32 Å². The van der Waals surface area contributed by atoms with Gasteiger partial charge >= 0.3 is 0 Å². The molecule has 0 spiro atoms. The molecule has 2 heterocycles. The number of hydrogen-bond acceptors (Lipinski definition) is 3. The molecule has 1 atom stereocenters. The molecule has 1 aromatic heterocycles. The third-order valence-corrected chi connectivity index (χ3v) is 3.37. The molecule has 1 amide bonds. The van der Waals surface area contributed by atoms with Crippen molar-refractivity contribution in [2.75, 3.05) is 5.32 Å². The fourth-order valence-corrected chi connectivity index (χ4v) is 2.44. The van der Waals surface area contributed by atoms with Crippen molar-refractivity contribution in [3.05, 3.63) is 52.1 Å². The van der Waals surface area contributed by atoms with Crippen LogP contribution in [-0.4, -0.2) is 11.7 Å². The van der Waals surface area contributed by atoms with Crippen molar-refractivity contribution < 1.29 is 18.4 Å². The number of nitrogens with one attached hydrogen (secondary N) is 1. The predicted octanol–water partition coefficient (Wildman–Crippen LogP) is 3.10. The standard InChI is InChI=1S/C13H7BrFNO3/c14-10-3-6(5-19-10)12(17)11-8-4-7(15)1-2-9(8)16-13(11)18/h1-5,11H,(H,16,18). The summed E-state index contributed by atoms with van der Waals surface area (Å²) in [6.45, 7) is 0. The van der Waals surface area contributed by atoms with Gasteiger partial charge in [0.2, 0.25) is 5.91 Å². The van der Waals surface area contributed by atoms with Crippen molar-refractivity contribution in [1.29, 1.82) is 0 Å². The lowest BCUT2D eigenvalue weighted by Crippen LogP contribution is -2.20. The Morgan fingerprint density at radius 3 is 2.84 bits per heavy atom. The lowest BCUT2D eigenvalue weighted by atomic mass is 9.93. The fourth-order valence-electron chi connectivity index (χ4n) is 2.10. The minimum Gasteiger partial charge on any atom is -0.457 e. The summed E-state index contributed by atoms with van der Waals surface area (Å²) in [6.07, 6.45) is 1.26. The van der Waals surface area contributed by atoms with Gasteiger partial charge < -0.3 is 9.73 Å². The summed E-state index contributed by atoms with van der Waals surface area (Å²) in [5.41, 5.74) is 1.09. The minimum absolute atomic E-state index is 0.268. The number of halogens is 2. The molecule has 1 N–H and O–H groups in total. The van der Waals surface area contributed by atoms with E-state index in [1.807, 2.05) is 0 Å². The summed E-state index contributed by atoms with van der Waals surface area (Å²) in [5.74, 6) is -2.39. The number of furan rings is 1. The molecule has 1 aliphatic heterocycles. The second kappa shape index (κ2) is 4.31. The lowest BCUT2D eigenvalue weighted by Gasteiger charge is -2.05. The Kier molecular flexibility index (Phi) is 2.74. The van der Waals surface area contributed by atoms with Crippen LogP contribution in [0.2, 0.25) is 0 Å². The van der Waals surface area contributed by atoms with Crippen LogP contribution in [-0.2, 0) is 4.79 Å². The Bertz CT molecular complexity index is 695. The van der Waals surface area contributed by atoms with Crippen molar-refractivity contribution in [2.24, 2.45) is 0 Å². The zero-order valence-corrected chi connectivity index (χ0v) is 11.0. The first kappa shape index (κ1) is 12.1. The van der Waals surface area contributed by atoms with Crippen LogP contribution >= 0.6 is 15.9 Å².